The van der Waals surface area contributed by atoms with Crippen molar-refractivity contribution >= 4 is 32.7 Å². The topological polar surface area (TPSA) is 148 Å². The van der Waals surface area contributed by atoms with E-state index in [1.807, 2.05) is 13.0 Å². The van der Waals surface area contributed by atoms with E-state index in [4.69, 9.17) is 25.1 Å². The number of fused-ring (bicyclic) bond motifs is 3. The summed E-state index contributed by atoms with van der Waals surface area (Å²) in [5.74, 6) is -6.43. The highest BCUT2D eigenvalue weighted by atomic mass is 32.2. The molecule has 1 saturated carbocycles. The molecule has 2 unspecified atom stereocenters. The first kappa shape index (κ1) is 40.2. The summed E-state index contributed by atoms with van der Waals surface area (Å²) in [7, 11) is -4.56. The number of carbonyl (C=O) groups excluding carboxylic acids is 1. The summed E-state index contributed by atoms with van der Waals surface area (Å²) < 4.78 is 106. The van der Waals surface area contributed by atoms with Crippen LogP contribution in [0.15, 0.2) is 65.6 Å². The van der Waals surface area contributed by atoms with E-state index in [9.17, 15) is 26.4 Å². The van der Waals surface area contributed by atoms with Gasteiger partial charge in [-0.15, -0.1) is 0 Å². The Kier molecular flexibility index (Phi) is 12.5. The lowest BCUT2D eigenvalue weighted by Gasteiger charge is -2.41. The molecular formula is C37H44F5N3O7S. The molecule has 290 valence electrons. The van der Waals surface area contributed by atoms with Gasteiger partial charge in [0.1, 0.15) is 11.5 Å². The van der Waals surface area contributed by atoms with Crippen LogP contribution >= 0.6 is 0 Å². The number of alkyl halides is 5. The highest BCUT2D eigenvalue weighted by Crippen LogP contribution is 2.40. The van der Waals surface area contributed by atoms with Crippen LogP contribution in [0.1, 0.15) is 76.7 Å². The second-order valence-electron chi connectivity index (χ2n) is 13.8. The molecule has 0 radical (unpaired) electrons. The number of sulfonamides is 1. The van der Waals surface area contributed by atoms with Crippen molar-refractivity contribution < 1.29 is 54.5 Å². The Labute approximate surface area is 304 Å². The minimum atomic E-state index is -5.08. The van der Waals surface area contributed by atoms with E-state index in [2.05, 4.69) is 4.72 Å². The molecule has 2 heterocycles. The number of carbonyl (C=O) groups is 2. The van der Waals surface area contributed by atoms with Crippen molar-refractivity contribution in [2.24, 2.45) is 5.73 Å². The number of amides is 1. The average Bonchev–Trinajstić information content (AvgIpc) is 3.72. The van der Waals surface area contributed by atoms with Crippen molar-refractivity contribution in [1.29, 1.82) is 0 Å². The van der Waals surface area contributed by atoms with Gasteiger partial charge in [-0.3, -0.25) is 4.79 Å². The number of nitrogens with zero attached hydrogens (tertiary/aromatic N) is 1. The van der Waals surface area contributed by atoms with Crippen LogP contribution in [-0.4, -0.2) is 73.4 Å². The second kappa shape index (κ2) is 16.6. The average molecular weight is 770 g/mol. The Morgan fingerprint density at radius 3 is 2.06 bits per heavy atom. The first-order chi connectivity index (χ1) is 25.0. The summed E-state index contributed by atoms with van der Waals surface area (Å²) in [6.45, 7) is 2.47. The van der Waals surface area contributed by atoms with Crippen LogP contribution in [0.2, 0.25) is 0 Å². The number of nitrogens with two attached hydrogens (primary N) is 1. The SMILES string of the molecule is CCCCOc1ccc(C(F)(F)[C@H](NS(=O)(=O)c2ccc3cc(OC4CCCC4)ccc3c2)C(=O)N2C3CCC2CC(N)C3)cc1.O=C(O)C(F)(F)F. The molecule has 10 nitrogen and oxygen atoms in total. The van der Waals surface area contributed by atoms with E-state index in [1.165, 1.54) is 41.3 Å². The van der Waals surface area contributed by atoms with Crippen LogP contribution < -0.4 is 19.9 Å². The quantitative estimate of drug-likeness (QED) is 0.133. The summed E-state index contributed by atoms with van der Waals surface area (Å²) in [5.41, 5.74) is 5.70. The lowest BCUT2D eigenvalue weighted by molar-refractivity contribution is -0.192. The third kappa shape index (κ3) is 9.75. The Balaban J connectivity index is 0.000000705. The zero-order valence-corrected chi connectivity index (χ0v) is 30.0. The van der Waals surface area contributed by atoms with Crippen LogP contribution in [0, 0.1) is 0 Å². The summed E-state index contributed by atoms with van der Waals surface area (Å²) in [4.78, 5) is 24.2. The van der Waals surface area contributed by atoms with Crippen molar-refractivity contribution in [3.05, 3.63) is 66.2 Å². The van der Waals surface area contributed by atoms with Crippen molar-refractivity contribution in [1.82, 2.24) is 9.62 Å². The lowest BCUT2D eigenvalue weighted by Crippen LogP contribution is -2.60. The molecule has 2 aliphatic heterocycles. The normalized spacial score (nSPS) is 21.2. The number of aliphatic carboxylic acids is 1. The van der Waals surface area contributed by atoms with Gasteiger partial charge in [-0.25, -0.2) is 13.2 Å². The fraction of sp³-hybridized carbons (Fsp3) is 0.514. The highest BCUT2D eigenvalue weighted by Gasteiger charge is 2.53. The molecule has 3 aliphatic rings. The van der Waals surface area contributed by atoms with Crippen molar-refractivity contribution in [2.45, 2.75) is 118 Å². The van der Waals surface area contributed by atoms with Gasteiger partial charge < -0.3 is 25.2 Å². The van der Waals surface area contributed by atoms with E-state index >= 15 is 8.78 Å². The van der Waals surface area contributed by atoms with Gasteiger partial charge in [-0.1, -0.05) is 25.5 Å². The van der Waals surface area contributed by atoms with E-state index in [0.717, 1.165) is 43.9 Å². The van der Waals surface area contributed by atoms with Crippen molar-refractivity contribution in [3.8, 4) is 11.5 Å². The highest BCUT2D eigenvalue weighted by molar-refractivity contribution is 7.89. The molecular weight excluding hydrogens is 725 g/mol. The third-order valence-electron chi connectivity index (χ3n) is 9.85. The predicted octanol–water partition coefficient (Wildman–Crippen LogP) is 6.89. The van der Waals surface area contributed by atoms with Crippen LogP contribution in [0.3, 0.4) is 0 Å². The van der Waals surface area contributed by atoms with Gasteiger partial charge in [0.2, 0.25) is 15.9 Å². The molecule has 6 rings (SSSR count). The van der Waals surface area contributed by atoms with Gasteiger partial charge >= 0.3 is 12.1 Å². The van der Waals surface area contributed by atoms with E-state index < -0.39 is 45.6 Å². The molecule has 4 N–H and O–H groups in total. The molecule has 16 heteroatoms. The number of carboxylic acid groups (broad SMARTS) is 1. The van der Waals surface area contributed by atoms with Crippen molar-refractivity contribution in [2.75, 3.05) is 6.61 Å². The number of rotatable bonds is 12. The molecule has 3 aromatic carbocycles. The number of ether oxygens (including phenoxy) is 2. The van der Waals surface area contributed by atoms with E-state index in [1.54, 1.807) is 18.2 Å². The number of hydrogen-bond acceptors (Lipinski definition) is 7. The molecule has 0 spiro atoms. The molecule has 3 aromatic rings. The fourth-order valence-electron chi connectivity index (χ4n) is 7.15. The van der Waals surface area contributed by atoms with Gasteiger partial charge in [0.15, 0.2) is 6.04 Å². The predicted molar refractivity (Wildman–Crippen MR) is 186 cm³/mol. The van der Waals surface area contributed by atoms with Gasteiger partial charge in [-0.05, 0) is 117 Å². The number of unbranched alkanes of at least 4 members (excludes halogenated alkanes) is 1. The van der Waals surface area contributed by atoms with Crippen LogP contribution in [-0.2, 0) is 25.5 Å². The summed E-state index contributed by atoms with van der Waals surface area (Å²) in [6.07, 6.45) is 3.42. The number of nitrogens with one attached hydrogen (secondary N) is 1. The zero-order valence-electron chi connectivity index (χ0n) is 29.2. The van der Waals surface area contributed by atoms with Crippen LogP contribution in [0.5, 0.6) is 11.5 Å². The maximum absolute atomic E-state index is 16.5. The number of halogens is 5. The Morgan fingerprint density at radius 2 is 1.47 bits per heavy atom. The number of benzene rings is 3. The Bertz CT molecular complexity index is 1840. The molecule has 2 saturated heterocycles. The molecule has 1 amide bonds. The largest absolute Gasteiger partial charge is 0.494 e. The van der Waals surface area contributed by atoms with Crippen molar-refractivity contribution in [3.63, 3.8) is 0 Å². The first-order valence-electron chi connectivity index (χ1n) is 17.7. The number of carboxylic acids is 1. The minimum Gasteiger partial charge on any atom is -0.494 e. The molecule has 2 bridgehead atoms. The minimum absolute atomic E-state index is 0.126. The Hall–Kier alpha value is -4.02. The molecule has 53 heavy (non-hydrogen) atoms. The standard InChI is InChI=1S/C35H43F2N3O5S.C2HF3O2/c1-2-3-18-44-29-15-10-25(11-16-29)35(36,37)33(34(41)40-27-12-13-28(40)22-26(38)21-27)39-46(42,43)32-17-9-23-19-31(14-8-24(23)20-32)45-30-6-4-5-7-30;3-2(4,5)1(6)7/h8-11,14-17,19-20,26-28,30,33,39H,2-7,12-13,18,21-22,38H2,1H3;(H,6,7)/t26?,27?,28?,33-;/m1./s1. The summed E-state index contributed by atoms with van der Waals surface area (Å²) in [5, 5.41) is 8.49. The number of piperidine rings is 1. The third-order valence-corrected chi connectivity index (χ3v) is 11.3. The molecule has 3 atom stereocenters. The van der Waals surface area contributed by atoms with Crippen LogP contribution in [0.25, 0.3) is 10.8 Å². The molecule has 0 aromatic heterocycles. The maximum Gasteiger partial charge on any atom is 0.490 e. The van der Waals surface area contributed by atoms with Gasteiger partial charge in [0.25, 0.3) is 5.92 Å². The van der Waals surface area contributed by atoms with Gasteiger partial charge in [0.05, 0.1) is 17.6 Å². The molecule has 1 aliphatic carbocycles. The van der Waals surface area contributed by atoms with Gasteiger partial charge in [-0.2, -0.15) is 26.7 Å². The fourth-order valence-corrected chi connectivity index (χ4v) is 8.37. The Morgan fingerprint density at radius 1 is 0.906 bits per heavy atom. The van der Waals surface area contributed by atoms with E-state index in [0.29, 0.717) is 49.2 Å². The monoisotopic (exact) mass is 769 g/mol. The second-order valence-corrected chi connectivity index (χ2v) is 15.5. The summed E-state index contributed by atoms with van der Waals surface area (Å²) >= 11 is 0. The molecule has 3 fully saturated rings. The van der Waals surface area contributed by atoms with E-state index in [-0.39, 0.29) is 29.1 Å². The number of hydrogen-bond donors (Lipinski definition) is 3. The smallest absolute Gasteiger partial charge is 0.490 e. The van der Waals surface area contributed by atoms with Crippen LogP contribution in [0.4, 0.5) is 22.0 Å². The van der Waals surface area contributed by atoms with Gasteiger partial charge in [0, 0.05) is 23.7 Å². The maximum atomic E-state index is 16.5. The zero-order chi connectivity index (χ0) is 38.6. The first-order valence-corrected chi connectivity index (χ1v) is 19.2. The summed E-state index contributed by atoms with van der Waals surface area (Å²) in [6, 6.07) is 12.0. The lowest BCUT2D eigenvalue weighted by atomic mass is 9.94.